The van der Waals surface area contributed by atoms with Crippen LogP contribution in [0, 0.1) is 0 Å². The number of thiazole rings is 1. The van der Waals surface area contributed by atoms with Gasteiger partial charge in [0.05, 0.1) is 5.69 Å². The Kier molecular flexibility index (Phi) is 2.73. The highest BCUT2D eigenvalue weighted by atomic mass is 32.1. The lowest BCUT2D eigenvalue weighted by atomic mass is 10.2. The van der Waals surface area contributed by atoms with E-state index in [2.05, 4.69) is 15.7 Å². The monoisotopic (exact) mass is 224 g/mol. The van der Waals surface area contributed by atoms with Gasteiger partial charge in [-0.05, 0) is 25.7 Å². The lowest BCUT2D eigenvalue weighted by Crippen LogP contribution is -2.15. The minimum Gasteiger partial charge on any atom is -0.371 e. The summed E-state index contributed by atoms with van der Waals surface area (Å²) in [7, 11) is 0. The molecule has 1 atom stereocenters. The molecule has 3 rings (SSSR count). The summed E-state index contributed by atoms with van der Waals surface area (Å²) < 4.78 is 5.62. The first-order valence-corrected chi connectivity index (χ1v) is 6.59. The number of nitrogens with zero attached hydrogens (tertiary/aromatic N) is 1. The van der Waals surface area contributed by atoms with Crippen molar-refractivity contribution in [1.29, 1.82) is 0 Å². The molecule has 82 valence electrons. The van der Waals surface area contributed by atoms with Gasteiger partial charge in [0.15, 0.2) is 0 Å². The van der Waals surface area contributed by atoms with Crippen molar-refractivity contribution in [3.63, 3.8) is 0 Å². The molecule has 1 N–H and O–H groups in total. The molecule has 3 nitrogen and oxygen atoms in total. The summed E-state index contributed by atoms with van der Waals surface area (Å²) in [6, 6.07) is 0.762. The Labute approximate surface area is 93.9 Å². The lowest BCUT2D eigenvalue weighted by molar-refractivity contribution is 0.111. The largest absolute Gasteiger partial charge is 0.371 e. The molecule has 0 bridgehead atoms. The molecule has 0 radical (unpaired) electrons. The third-order valence-corrected chi connectivity index (χ3v) is 3.91. The van der Waals surface area contributed by atoms with Crippen molar-refractivity contribution in [2.75, 3.05) is 6.61 Å². The molecule has 0 spiro atoms. The minimum atomic E-state index is 0.282. The van der Waals surface area contributed by atoms with Crippen LogP contribution in [-0.2, 0) is 11.3 Å². The van der Waals surface area contributed by atoms with Gasteiger partial charge in [0, 0.05) is 24.6 Å². The maximum absolute atomic E-state index is 5.62. The minimum absolute atomic E-state index is 0.282. The van der Waals surface area contributed by atoms with Crippen LogP contribution < -0.4 is 5.32 Å². The smallest absolute Gasteiger partial charge is 0.122 e. The molecule has 1 aromatic heterocycles. The molecule has 1 aliphatic heterocycles. The molecule has 1 saturated heterocycles. The second-order valence-electron chi connectivity index (χ2n) is 4.33. The molecule has 1 aliphatic carbocycles. The van der Waals surface area contributed by atoms with Crippen molar-refractivity contribution >= 4 is 11.3 Å². The summed E-state index contributed by atoms with van der Waals surface area (Å²) in [5, 5.41) is 6.81. The van der Waals surface area contributed by atoms with E-state index < -0.39 is 0 Å². The number of ether oxygens (including phenoxy) is 1. The van der Waals surface area contributed by atoms with Crippen molar-refractivity contribution in [3.05, 3.63) is 16.1 Å². The van der Waals surface area contributed by atoms with E-state index in [-0.39, 0.29) is 6.10 Å². The van der Waals surface area contributed by atoms with Gasteiger partial charge in [0.25, 0.3) is 0 Å². The molecule has 2 fully saturated rings. The van der Waals surface area contributed by atoms with E-state index in [1.807, 2.05) is 0 Å². The SMILES string of the molecule is c1sc(C2CCCO2)nc1CNC1CC1. The van der Waals surface area contributed by atoms with E-state index in [0.29, 0.717) is 0 Å². The Morgan fingerprint density at radius 2 is 2.40 bits per heavy atom. The van der Waals surface area contributed by atoms with Crippen LogP contribution in [0.15, 0.2) is 5.38 Å². The van der Waals surface area contributed by atoms with Crippen LogP contribution in [0.1, 0.15) is 42.5 Å². The van der Waals surface area contributed by atoms with Gasteiger partial charge in [-0.25, -0.2) is 4.98 Å². The standard InChI is InChI=1S/C11H16N2OS/c1-2-10(14-5-1)11-13-9(7-15-11)6-12-8-3-4-8/h7-8,10,12H,1-6H2. The summed E-state index contributed by atoms with van der Waals surface area (Å²) >= 11 is 1.74. The van der Waals surface area contributed by atoms with Crippen LogP contribution in [0.3, 0.4) is 0 Å². The van der Waals surface area contributed by atoms with E-state index in [4.69, 9.17) is 4.74 Å². The fourth-order valence-electron chi connectivity index (χ4n) is 1.86. The predicted octanol–water partition coefficient (Wildman–Crippen LogP) is 2.25. The summed E-state index contributed by atoms with van der Waals surface area (Å²) in [5.74, 6) is 0. The number of nitrogens with one attached hydrogen (secondary N) is 1. The normalized spacial score (nSPS) is 26.0. The Morgan fingerprint density at radius 1 is 1.47 bits per heavy atom. The van der Waals surface area contributed by atoms with Gasteiger partial charge in [-0.15, -0.1) is 11.3 Å². The van der Waals surface area contributed by atoms with E-state index in [1.54, 1.807) is 11.3 Å². The Morgan fingerprint density at radius 3 is 3.13 bits per heavy atom. The quantitative estimate of drug-likeness (QED) is 0.851. The van der Waals surface area contributed by atoms with Gasteiger partial charge in [-0.3, -0.25) is 0 Å². The lowest BCUT2D eigenvalue weighted by Gasteiger charge is -2.03. The zero-order chi connectivity index (χ0) is 10.1. The van der Waals surface area contributed by atoms with Crippen molar-refractivity contribution in [2.24, 2.45) is 0 Å². The zero-order valence-corrected chi connectivity index (χ0v) is 9.55. The average Bonchev–Trinajstić information content (AvgIpc) is 2.78. The van der Waals surface area contributed by atoms with E-state index in [0.717, 1.165) is 25.6 Å². The maximum atomic E-state index is 5.62. The highest BCUT2D eigenvalue weighted by Crippen LogP contribution is 2.30. The van der Waals surface area contributed by atoms with Crippen LogP contribution in [0.2, 0.25) is 0 Å². The predicted molar refractivity (Wildman–Crippen MR) is 59.9 cm³/mol. The van der Waals surface area contributed by atoms with Gasteiger partial charge in [0.1, 0.15) is 11.1 Å². The molecule has 15 heavy (non-hydrogen) atoms. The van der Waals surface area contributed by atoms with Crippen molar-refractivity contribution in [2.45, 2.75) is 44.4 Å². The Bertz CT molecular complexity index is 329. The third-order valence-electron chi connectivity index (χ3n) is 2.92. The fraction of sp³-hybridized carbons (Fsp3) is 0.727. The van der Waals surface area contributed by atoms with Crippen LogP contribution in [0.5, 0.6) is 0 Å². The van der Waals surface area contributed by atoms with Crippen molar-refractivity contribution in [3.8, 4) is 0 Å². The zero-order valence-electron chi connectivity index (χ0n) is 8.74. The second-order valence-corrected chi connectivity index (χ2v) is 5.22. The van der Waals surface area contributed by atoms with Gasteiger partial charge in [-0.1, -0.05) is 0 Å². The van der Waals surface area contributed by atoms with Gasteiger partial charge in [0.2, 0.25) is 0 Å². The van der Waals surface area contributed by atoms with Crippen molar-refractivity contribution < 1.29 is 4.74 Å². The van der Waals surface area contributed by atoms with Crippen LogP contribution >= 0.6 is 11.3 Å². The molecule has 4 heteroatoms. The highest BCUT2D eigenvalue weighted by molar-refractivity contribution is 7.09. The van der Waals surface area contributed by atoms with E-state index in [1.165, 1.54) is 30.0 Å². The molecule has 2 aliphatic rings. The molecule has 0 aromatic carbocycles. The molecule has 1 unspecified atom stereocenters. The van der Waals surface area contributed by atoms with Crippen molar-refractivity contribution in [1.82, 2.24) is 10.3 Å². The maximum Gasteiger partial charge on any atom is 0.122 e. The Balaban J connectivity index is 1.59. The first-order valence-electron chi connectivity index (χ1n) is 5.71. The molecular formula is C11H16N2OS. The number of hydrogen-bond acceptors (Lipinski definition) is 4. The Hall–Kier alpha value is -0.450. The van der Waals surface area contributed by atoms with Gasteiger partial charge < -0.3 is 10.1 Å². The summed E-state index contributed by atoms with van der Waals surface area (Å²) in [6.45, 7) is 1.83. The average molecular weight is 224 g/mol. The third kappa shape index (κ3) is 2.38. The highest BCUT2D eigenvalue weighted by Gasteiger charge is 2.22. The number of hydrogen-bond donors (Lipinski definition) is 1. The van der Waals surface area contributed by atoms with Crippen LogP contribution in [-0.4, -0.2) is 17.6 Å². The summed E-state index contributed by atoms with van der Waals surface area (Å²) in [6.07, 6.45) is 5.28. The molecule has 2 heterocycles. The first kappa shape index (κ1) is 9.75. The molecule has 1 aromatic rings. The van der Waals surface area contributed by atoms with Gasteiger partial charge >= 0.3 is 0 Å². The van der Waals surface area contributed by atoms with Gasteiger partial charge in [-0.2, -0.15) is 0 Å². The molecule has 0 amide bonds. The summed E-state index contributed by atoms with van der Waals surface area (Å²) in [4.78, 5) is 4.62. The number of aromatic nitrogens is 1. The van der Waals surface area contributed by atoms with E-state index >= 15 is 0 Å². The fourth-order valence-corrected chi connectivity index (χ4v) is 2.76. The summed E-state index contributed by atoms with van der Waals surface area (Å²) in [5.41, 5.74) is 1.18. The van der Waals surface area contributed by atoms with E-state index in [9.17, 15) is 0 Å². The second kappa shape index (κ2) is 4.20. The van der Waals surface area contributed by atoms with Crippen LogP contribution in [0.25, 0.3) is 0 Å². The van der Waals surface area contributed by atoms with Crippen LogP contribution in [0.4, 0.5) is 0 Å². The first-order chi connectivity index (χ1) is 7.42. The molecular weight excluding hydrogens is 208 g/mol. The topological polar surface area (TPSA) is 34.1 Å². The number of rotatable bonds is 4. The molecule has 1 saturated carbocycles.